The molecule has 0 aliphatic carbocycles. The van der Waals surface area contributed by atoms with E-state index < -0.39 is 0 Å². The lowest BCUT2D eigenvalue weighted by molar-refractivity contribution is 0.308. The summed E-state index contributed by atoms with van der Waals surface area (Å²) < 4.78 is 0. The molecule has 0 fully saturated rings. The summed E-state index contributed by atoms with van der Waals surface area (Å²) in [6, 6.07) is 0. The average molecular weight is 230 g/mol. The number of rotatable bonds is 6. The summed E-state index contributed by atoms with van der Waals surface area (Å²) in [5.74, 6) is 0.752. The highest BCUT2D eigenvalue weighted by atomic mass is 32.1. The zero-order valence-electron chi connectivity index (χ0n) is 8.86. The first-order chi connectivity index (χ1) is 6.80. The standard InChI is InChI=1S/C10H18N2S2/c1-3-12(4-2)6-5-10-11-9(7-13)8-14-10/h8,13H,3-7H2,1-2H3. The zero-order valence-corrected chi connectivity index (χ0v) is 10.6. The summed E-state index contributed by atoms with van der Waals surface area (Å²) in [6.07, 6.45) is 1.07. The van der Waals surface area contributed by atoms with Crippen molar-refractivity contribution < 1.29 is 0 Å². The van der Waals surface area contributed by atoms with Crippen LogP contribution in [-0.2, 0) is 12.2 Å². The molecule has 0 N–H and O–H groups in total. The molecular formula is C10H18N2S2. The Kier molecular flexibility index (Phi) is 5.52. The number of hydrogen-bond acceptors (Lipinski definition) is 4. The van der Waals surface area contributed by atoms with E-state index in [0.717, 1.165) is 37.5 Å². The maximum Gasteiger partial charge on any atom is 0.0941 e. The van der Waals surface area contributed by atoms with Crippen molar-refractivity contribution in [2.75, 3.05) is 19.6 Å². The monoisotopic (exact) mass is 230 g/mol. The Morgan fingerprint density at radius 2 is 2.14 bits per heavy atom. The minimum Gasteiger partial charge on any atom is -0.303 e. The second-order valence-corrected chi connectivity index (χ2v) is 4.43. The van der Waals surface area contributed by atoms with Crippen LogP contribution in [0.3, 0.4) is 0 Å². The fraction of sp³-hybridized carbons (Fsp3) is 0.700. The zero-order chi connectivity index (χ0) is 10.4. The number of thiol groups is 1. The highest BCUT2D eigenvalue weighted by Crippen LogP contribution is 2.12. The van der Waals surface area contributed by atoms with Gasteiger partial charge in [-0.3, -0.25) is 0 Å². The molecule has 1 rings (SSSR count). The van der Waals surface area contributed by atoms with E-state index in [4.69, 9.17) is 0 Å². The molecule has 0 aliphatic rings. The van der Waals surface area contributed by atoms with Crippen molar-refractivity contribution in [3.05, 3.63) is 16.1 Å². The summed E-state index contributed by atoms with van der Waals surface area (Å²) in [5.41, 5.74) is 1.10. The maximum atomic E-state index is 4.48. The molecular weight excluding hydrogens is 212 g/mol. The van der Waals surface area contributed by atoms with E-state index in [1.54, 1.807) is 11.3 Å². The van der Waals surface area contributed by atoms with Crippen molar-refractivity contribution in [2.45, 2.75) is 26.0 Å². The summed E-state index contributed by atoms with van der Waals surface area (Å²) >= 11 is 5.95. The van der Waals surface area contributed by atoms with E-state index in [-0.39, 0.29) is 0 Å². The normalized spacial score (nSPS) is 11.1. The molecule has 0 unspecified atom stereocenters. The topological polar surface area (TPSA) is 16.1 Å². The number of thiazole rings is 1. The molecule has 2 nitrogen and oxygen atoms in total. The van der Waals surface area contributed by atoms with E-state index in [1.165, 1.54) is 5.01 Å². The number of nitrogens with zero attached hydrogens (tertiary/aromatic N) is 2. The van der Waals surface area contributed by atoms with Gasteiger partial charge in [-0.25, -0.2) is 4.98 Å². The molecule has 80 valence electrons. The molecule has 0 saturated carbocycles. The molecule has 0 atom stereocenters. The van der Waals surface area contributed by atoms with Gasteiger partial charge in [0.1, 0.15) is 0 Å². The van der Waals surface area contributed by atoms with Gasteiger partial charge in [0, 0.05) is 24.1 Å². The van der Waals surface area contributed by atoms with Gasteiger partial charge in [-0.1, -0.05) is 13.8 Å². The lowest BCUT2D eigenvalue weighted by atomic mass is 10.4. The molecule has 0 aliphatic heterocycles. The van der Waals surface area contributed by atoms with Gasteiger partial charge in [-0.15, -0.1) is 11.3 Å². The molecule has 1 heterocycles. The maximum absolute atomic E-state index is 4.48. The molecule has 0 aromatic carbocycles. The minimum absolute atomic E-state index is 0.752. The van der Waals surface area contributed by atoms with Gasteiger partial charge in [0.2, 0.25) is 0 Å². The summed E-state index contributed by atoms with van der Waals surface area (Å²) in [7, 11) is 0. The van der Waals surface area contributed by atoms with Crippen LogP contribution in [-0.4, -0.2) is 29.5 Å². The molecule has 0 radical (unpaired) electrons. The number of likely N-dealkylation sites (N-methyl/N-ethyl adjacent to an activating group) is 1. The van der Waals surface area contributed by atoms with Gasteiger partial charge in [0.15, 0.2) is 0 Å². The van der Waals surface area contributed by atoms with Crippen LogP contribution < -0.4 is 0 Å². The van der Waals surface area contributed by atoms with Crippen molar-refractivity contribution in [3.8, 4) is 0 Å². The predicted octanol–water partition coefficient (Wildman–Crippen LogP) is 2.46. The average Bonchev–Trinajstić information content (AvgIpc) is 2.67. The third-order valence-corrected chi connectivity index (χ3v) is 3.58. The van der Waals surface area contributed by atoms with Gasteiger partial charge in [0.25, 0.3) is 0 Å². The van der Waals surface area contributed by atoms with Crippen LogP contribution in [0.1, 0.15) is 24.5 Å². The molecule has 4 heteroatoms. The van der Waals surface area contributed by atoms with Crippen molar-refractivity contribution in [1.29, 1.82) is 0 Å². The van der Waals surface area contributed by atoms with Crippen molar-refractivity contribution >= 4 is 24.0 Å². The first kappa shape index (κ1) is 12.0. The Bertz CT molecular complexity index is 256. The molecule has 0 bridgehead atoms. The van der Waals surface area contributed by atoms with Gasteiger partial charge in [0.05, 0.1) is 10.7 Å². The van der Waals surface area contributed by atoms with E-state index in [0.29, 0.717) is 0 Å². The van der Waals surface area contributed by atoms with Crippen LogP contribution in [0.2, 0.25) is 0 Å². The lowest BCUT2D eigenvalue weighted by Gasteiger charge is -2.16. The first-order valence-corrected chi connectivity index (χ1v) is 6.57. The van der Waals surface area contributed by atoms with Gasteiger partial charge >= 0.3 is 0 Å². The summed E-state index contributed by atoms with van der Waals surface area (Å²) in [4.78, 5) is 6.90. The highest BCUT2D eigenvalue weighted by molar-refractivity contribution is 7.79. The SMILES string of the molecule is CCN(CC)CCc1nc(CS)cs1. The molecule has 0 amide bonds. The van der Waals surface area contributed by atoms with Crippen LogP contribution in [0, 0.1) is 0 Å². The fourth-order valence-electron chi connectivity index (χ4n) is 1.33. The highest BCUT2D eigenvalue weighted by Gasteiger charge is 2.03. The third kappa shape index (κ3) is 3.59. The lowest BCUT2D eigenvalue weighted by Crippen LogP contribution is -2.25. The predicted molar refractivity (Wildman–Crippen MR) is 66.3 cm³/mol. The van der Waals surface area contributed by atoms with E-state index >= 15 is 0 Å². The van der Waals surface area contributed by atoms with Crippen molar-refractivity contribution in [3.63, 3.8) is 0 Å². The van der Waals surface area contributed by atoms with Gasteiger partial charge < -0.3 is 4.90 Å². The number of aromatic nitrogens is 1. The minimum atomic E-state index is 0.752. The molecule has 0 spiro atoms. The first-order valence-electron chi connectivity index (χ1n) is 5.06. The Balaban J connectivity index is 2.37. The van der Waals surface area contributed by atoms with E-state index in [1.807, 2.05) is 0 Å². The second-order valence-electron chi connectivity index (χ2n) is 3.17. The Labute approximate surface area is 95.8 Å². The molecule has 0 saturated heterocycles. The van der Waals surface area contributed by atoms with Crippen LogP contribution in [0.5, 0.6) is 0 Å². The third-order valence-electron chi connectivity index (χ3n) is 2.30. The Hall–Kier alpha value is -0.0600. The van der Waals surface area contributed by atoms with Crippen LogP contribution in [0.25, 0.3) is 0 Å². The van der Waals surface area contributed by atoms with Crippen LogP contribution >= 0.6 is 24.0 Å². The van der Waals surface area contributed by atoms with Crippen LogP contribution in [0.4, 0.5) is 0 Å². The van der Waals surface area contributed by atoms with Crippen molar-refractivity contribution in [2.24, 2.45) is 0 Å². The fourth-order valence-corrected chi connectivity index (χ4v) is 2.40. The summed E-state index contributed by atoms with van der Waals surface area (Å²) in [5, 5.41) is 3.34. The van der Waals surface area contributed by atoms with E-state index in [2.05, 4.69) is 41.7 Å². The molecule has 1 aromatic heterocycles. The Morgan fingerprint density at radius 3 is 2.64 bits per heavy atom. The number of hydrogen-bond donors (Lipinski definition) is 1. The second kappa shape index (κ2) is 6.43. The van der Waals surface area contributed by atoms with E-state index in [9.17, 15) is 0 Å². The van der Waals surface area contributed by atoms with Gasteiger partial charge in [-0.2, -0.15) is 12.6 Å². The quantitative estimate of drug-likeness (QED) is 0.756. The Morgan fingerprint density at radius 1 is 1.43 bits per heavy atom. The van der Waals surface area contributed by atoms with Crippen LogP contribution in [0.15, 0.2) is 5.38 Å². The summed E-state index contributed by atoms with van der Waals surface area (Å²) in [6.45, 7) is 7.77. The molecule has 14 heavy (non-hydrogen) atoms. The largest absolute Gasteiger partial charge is 0.303 e. The van der Waals surface area contributed by atoms with Gasteiger partial charge in [-0.05, 0) is 13.1 Å². The van der Waals surface area contributed by atoms with Crippen molar-refractivity contribution in [1.82, 2.24) is 9.88 Å². The smallest absolute Gasteiger partial charge is 0.0941 e. The molecule has 1 aromatic rings.